The summed E-state index contributed by atoms with van der Waals surface area (Å²) in [4.78, 5) is 27.2. The maximum absolute atomic E-state index is 13.4. The number of hydrogen-bond donors (Lipinski definition) is 2. The van der Waals surface area contributed by atoms with E-state index >= 15 is 0 Å². The summed E-state index contributed by atoms with van der Waals surface area (Å²) in [7, 11) is 3.08. The number of anilines is 1. The molecule has 254 valence electrons. The van der Waals surface area contributed by atoms with Gasteiger partial charge in [0.05, 0.1) is 56.1 Å². The summed E-state index contributed by atoms with van der Waals surface area (Å²) in [5.41, 5.74) is 2.22. The average molecular weight is 700 g/mol. The summed E-state index contributed by atoms with van der Waals surface area (Å²) in [5, 5.41) is 7.86. The minimum absolute atomic E-state index is 0.0844. The first-order valence-electron chi connectivity index (χ1n) is 14.8. The number of alkyl halides is 2. The summed E-state index contributed by atoms with van der Waals surface area (Å²) in [5.74, 6) is 0.795. The van der Waals surface area contributed by atoms with Crippen molar-refractivity contribution in [3.05, 3.63) is 94.8 Å². The van der Waals surface area contributed by atoms with E-state index in [0.29, 0.717) is 56.0 Å². The molecule has 4 rings (SSSR count). The molecule has 2 N–H and O–H groups in total. The second kappa shape index (κ2) is 16.5. The normalized spacial score (nSPS) is 11.2. The lowest BCUT2D eigenvalue weighted by Crippen LogP contribution is -2.39. The number of benzene rings is 2. The van der Waals surface area contributed by atoms with Crippen LogP contribution in [0.5, 0.6) is 11.5 Å². The Morgan fingerprint density at radius 2 is 1.88 bits per heavy atom. The summed E-state index contributed by atoms with van der Waals surface area (Å²) in [6.07, 6.45) is -0.372. The standard InChI is InChI=1S/C34H36ClF2N5O5S/c1-34(2,3)47-33(44)41(21-31(36)37)19-22-17-38-42(20-22)28-13-11-25(40-32(43)14-23-8-6-7-9-27(23)35)15-30(28)48-39-18-24-10-12-26(45-4)16-29(24)46-5/h6-9,11,13,15-17,20,31,39H,14,18-19,21H2,1-5H3,(H,40,43). The van der Waals surface area contributed by atoms with Crippen LogP contribution in [0.3, 0.4) is 0 Å². The van der Waals surface area contributed by atoms with Gasteiger partial charge in [0.25, 0.3) is 6.43 Å². The van der Waals surface area contributed by atoms with Gasteiger partial charge in [-0.15, -0.1) is 0 Å². The number of amides is 2. The maximum Gasteiger partial charge on any atom is 0.410 e. The molecule has 0 aliphatic carbocycles. The molecule has 0 saturated heterocycles. The fourth-order valence-electron chi connectivity index (χ4n) is 4.42. The Kier molecular flexibility index (Phi) is 12.5. The van der Waals surface area contributed by atoms with Crippen molar-refractivity contribution < 1.29 is 32.6 Å². The van der Waals surface area contributed by atoms with Crippen molar-refractivity contribution in [2.45, 2.75) is 57.2 Å². The maximum atomic E-state index is 13.4. The van der Waals surface area contributed by atoms with Gasteiger partial charge in [-0.25, -0.2) is 18.3 Å². The van der Waals surface area contributed by atoms with Crippen LogP contribution in [-0.4, -0.2) is 59.5 Å². The molecule has 14 heteroatoms. The van der Waals surface area contributed by atoms with Gasteiger partial charge >= 0.3 is 6.09 Å². The van der Waals surface area contributed by atoms with Gasteiger partial charge in [-0.2, -0.15) is 5.10 Å². The monoisotopic (exact) mass is 699 g/mol. The van der Waals surface area contributed by atoms with Gasteiger partial charge in [0.2, 0.25) is 5.91 Å². The highest BCUT2D eigenvalue weighted by Gasteiger charge is 2.25. The van der Waals surface area contributed by atoms with Crippen LogP contribution < -0.4 is 19.5 Å². The summed E-state index contributed by atoms with van der Waals surface area (Å²) < 4.78 is 47.6. The molecule has 2 amide bonds. The Morgan fingerprint density at radius 1 is 1.10 bits per heavy atom. The third-order valence-corrected chi connectivity index (χ3v) is 7.79. The van der Waals surface area contributed by atoms with Crippen molar-refractivity contribution in [3.63, 3.8) is 0 Å². The third-order valence-electron chi connectivity index (χ3n) is 6.59. The quantitative estimate of drug-likeness (QED) is 0.134. The van der Waals surface area contributed by atoms with Gasteiger partial charge in [-0.3, -0.25) is 14.4 Å². The number of methoxy groups -OCH3 is 2. The van der Waals surface area contributed by atoms with Crippen molar-refractivity contribution in [2.75, 3.05) is 26.1 Å². The second-order valence-corrected chi connectivity index (χ2v) is 12.8. The molecule has 0 atom stereocenters. The van der Waals surface area contributed by atoms with E-state index < -0.39 is 24.7 Å². The molecule has 1 aromatic heterocycles. The fourth-order valence-corrected chi connectivity index (χ4v) is 5.45. The Morgan fingerprint density at radius 3 is 2.56 bits per heavy atom. The van der Waals surface area contributed by atoms with Crippen LogP contribution in [-0.2, 0) is 29.0 Å². The zero-order chi connectivity index (χ0) is 34.8. The predicted octanol–water partition coefficient (Wildman–Crippen LogP) is 7.12. The molecular formula is C34H36ClF2N5O5S. The third kappa shape index (κ3) is 10.5. The Hall–Kier alpha value is -4.51. The first-order valence-corrected chi connectivity index (χ1v) is 16.0. The molecule has 0 aliphatic rings. The van der Waals surface area contributed by atoms with E-state index in [-0.39, 0.29) is 18.9 Å². The van der Waals surface area contributed by atoms with Crippen molar-refractivity contribution >= 4 is 41.2 Å². The first-order chi connectivity index (χ1) is 22.8. The second-order valence-electron chi connectivity index (χ2n) is 11.5. The lowest BCUT2D eigenvalue weighted by Gasteiger charge is -2.26. The molecule has 48 heavy (non-hydrogen) atoms. The van der Waals surface area contributed by atoms with Crippen LogP contribution in [0.15, 0.2) is 65.8 Å². The molecule has 0 fully saturated rings. The van der Waals surface area contributed by atoms with Crippen molar-refractivity contribution in [3.8, 4) is 17.2 Å². The SMILES string of the molecule is COc1c#cc(CNSc2cc(NC(=O)Cc3ccccc3Cl)ccc2-n2cc(CN(CC(F)F)C(=O)OC(C)(C)C)cn2)c(OC)c1. The van der Waals surface area contributed by atoms with Gasteiger partial charge in [-0.1, -0.05) is 35.9 Å². The van der Waals surface area contributed by atoms with Crippen molar-refractivity contribution in [2.24, 2.45) is 0 Å². The number of rotatable bonds is 14. The summed E-state index contributed by atoms with van der Waals surface area (Å²) in [6.45, 7) is 4.40. The highest BCUT2D eigenvalue weighted by Crippen LogP contribution is 2.29. The van der Waals surface area contributed by atoms with Crippen LogP contribution in [0.25, 0.3) is 5.69 Å². The molecule has 0 aliphatic heterocycles. The van der Waals surface area contributed by atoms with Gasteiger partial charge in [-0.05, 0) is 68.6 Å². The zero-order valence-electron chi connectivity index (χ0n) is 27.1. The van der Waals surface area contributed by atoms with E-state index in [2.05, 4.69) is 27.3 Å². The molecule has 4 aromatic rings. The van der Waals surface area contributed by atoms with E-state index in [1.807, 2.05) is 6.07 Å². The first kappa shape index (κ1) is 36.3. The van der Waals surface area contributed by atoms with E-state index in [1.54, 1.807) is 81.2 Å². The molecule has 3 aromatic carbocycles. The van der Waals surface area contributed by atoms with Crippen LogP contribution in [0.2, 0.25) is 5.02 Å². The number of hydrogen-bond acceptors (Lipinski definition) is 8. The predicted molar refractivity (Wildman–Crippen MR) is 180 cm³/mol. The van der Waals surface area contributed by atoms with E-state index in [4.69, 9.17) is 25.8 Å². The minimum Gasteiger partial charge on any atom is -0.496 e. The highest BCUT2D eigenvalue weighted by molar-refractivity contribution is 7.97. The number of carbonyl (C=O) groups excluding carboxylic acids is 2. The lowest BCUT2D eigenvalue weighted by molar-refractivity contribution is -0.115. The van der Waals surface area contributed by atoms with Gasteiger partial charge in [0.15, 0.2) is 5.75 Å². The topological polar surface area (TPSA) is 107 Å². The Bertz CT molecular complexity index is 1720. The molecular weight excluding hydrogens is 664 g/mol. The van der Waals surface area contributed by atoms with Crippen LogP contribution in [0.1, 0.15) is 37.5 Å². The number of halogens is 3. The van der Waals surface area contributed by atoms with Crippen molar-refractivity contribution in [1.82, 2.24) is 19.4 Å². The molecule has 0 saturated carbocycles. The van der Waals surface area contributed by atoms with Crippen LogP contribution in [0, 0.1) is 12.1 Å². The minimum atomic E-state index is -2.75. The molecule has 10 nitrogen and oxygen atoms in total. The molecule has 0 bridgehead atoms. The summed E-state index contributed by atoms with van der Waals surface area (Å²) >= 11 is 7.52. The van der Waals surface area contributed by atoms with E-state index in [9.17, 15) is 18.4 Å². The Balaban J connectivity index is 1.58. The van der Waals surface area contributed by atoms with Gasteiger partial charge < -0.3 is 19.5 Å². The molecule has 0 spiro atoms. The summed E-state index contributed by atoms with van der Waals surface area (Å²) in [6, 6.07) is 20.1. The molecule has 1 heterocycles. The number of nitrogens with one attached hydrogen (secondary N) is 2. The van der Waals surface area contributed by atoms with Gasteiger partial charge in [0.1, 0.15) is 11.4 Å². The Labute approximate surface area is 287 Å². The fraction of sp³-hybridized carbons (Fsp3) is 0.324. The van der Waals surface area contributed by atoms with Crippen LogP contribution in [0.4, 0.5) is 19.3 Å². The zero-order valence-corrected chi connectivity index (χ0v) is 28.7. The average Bonchev–Trinajstić information content (AvgIpc) is 3.49. The number of aromatic nitrogens is 2. The molecule has 0 radical (unpaired) electrons. The largest absolute Gasteiger partial charge is 0.496 e. The number of ether oxygens (including phenoxy) is 3. The van der Waals surface area contributed by atoms with Gasteiger partial charge in [0, 0.05) is 35.1 Å². The van der Waals surface area contributed by atoms with E-state index in [0.717, 1.165) is 4.90 Å². The van der Waals surface area contributed by atoms with Crippen molar-refractivity contribution in [1.29, 1.82) is 0 Å². The smallest absolute Gasteiger partial charge is 0.410 e. The molecule has 0 unspecified atom stereocenters. The van der Waals surface area contributed by atoms with Crippen LogP contribution >= 0.6 is 23.5 Å². The lowest BCUT2D eigenvalue weighted by atomic mass is 10.1. The number of nitrogens with zero attached hydrogens (tertiary/aromatic N) is 3. The van der Waals surface area contributed by atoms with E-state index in [1.165, 1.54) is 25.3 Å². The number of carbonyl (C=O) groups is 2. The highest BCUT2D eigenvalue weighted by atomic mass is 35.5.